The lowest BCUT2D eigenvalue weighted by atomic mass is 10.1. The smallest absolute Gasteiger partial charge is 0.407 e. The molecule has 0 spiro atoms. The first-order valence-electron chi connectivity index (χ1n) is 15.5. The quantitative estimate of drug-likeness (QED) is 0.245. The second-order valence-corrected chi connectivity index (χ2v) is 13.1. The summed E-state index contributed by atoms with van der Waals surface area (Å²) in [7, 11) is 4.23. The zero-order valence-corrected chi connectivity index (χ0v) is 28.5. The topological polar surface area (TPSA) is 126 Å². The molecule has 1 N–H and O–H groups in total. The molecule has 1 aliphatic heterocycles. The molecule has 1 atom stereocenters. The second kappa shape index (κ2) is 14.8. The van der Waals surface area contributed by atoms with Crippen molar-refractivity contribution in [2.45, 2.75) is 65.8 Å². The molecule has 0 aliphatic carbocycles. The number of ether oxygens (including phenoxy) is 3. The fourth-order valence-electron chi connectivity index (χ4n) is 6.05. The third kappa shape index (κ3) is 7.77. The van der Waals surface area contributed by atoms with Crippen molar-refractivity contribution in [1.82, 2.24) is 19.0 Å². The number of carbonyl (C=O) groups excluding carboxylic acids is 2. The molecule has 0 unspecified atom stereocenters. The Morgan fingerprint density at radius 3 is 2.35 bits per heavy atom. The van der Waals surface area contributed by atoms with Crippen LogP contribution in [-0.4, -0.2) is 64.7 Å². The molecule has 12 nitrogen and oxygen atoms in total. The highest BCUT2D eigenvalue weighted by Gasteiger charge is 2.35. The van der Waals surface area contributed by atoms with Crippen LogP contribution in [0.2, 0.25) is 5.02 Å². The molecule has 4 aromatic rings. The first kappa shape index (κ1) is 37.0. The maximum Gasteiger partial charge on any atom is 0.407 e. The highest BCUT2D eigenvalue weighted by atomic mass is 35.5. The van der Waals surface area contributed by atoms with Gasteiger partial charge in [0.25, 0.3) is 5.56 Å². The number of esters is 1. The SMILES string of the molecule is C.COC(=O)c1c(N2CCC[C@@H](NC(=O)OC(C)(C)C)C2)n(Cc2cc(F)ccc2Cl)c2c(=O)n(Cc3ccc(OC)cc3)c(=O)n(C)c12. The third-order valence-corrected chi connectivity index (χ3v) is 8.55. The van der Waals surface area contributed by atoms with Crippen molar-refractivity contribution in [3.05, 3.63) is 90.8 Å². The first-order chi connectivity index (χ1) is 22.7. The lowest BCUT2D eigenvalue weighted by Crippen LogP contribution is -2.49. The van der Waals surface area contributed by atoms with Crippen LogP contribution in [0, 0.1) is 5.82 Å². The maximum absolute atomic E-state index is 14.5. The number of halogens is 2. The summed E-state index contributed by atoms with van der Waals surface area (Å²) in [6.07, 6.45) is 0.662. The number of carbonyl (C=O) groups is 2. The van der Waals surface area contributed by atoms with Gasteiger partial charge in [0.15, 0.2) is 0 Å². The molecule has 0 bridgehead atoms. The van der Waals surface area contributed by atoms with E-state index in [9.17, 15) is 23.6 Å². The molecular formula is C35H43ClFN5O7. The number of amides is 1. The van der Waals surface area contributed by atoms with Crippen molar-refractivity contribution in [2.24, 2.45) is 7.05 Å². The van der Waals surface area contributed by atoms with Gasteiger partial charge in [0.05, 0.1) is 32.8 Å². The van der Waals surface area contributed by atoms with Crippen LogP contribution in [0.1, 0.15) is 62.5 Å². The molecule has 49 heavy (non-hydrogen) atoms. The number of fused-ring (bicyclic) bond motifs is 1. The predicted molar refractivity (Wildman–Crippen MR) is 187 cm³/mol. The molecule has 0 radical (unpaired) electrons. The number of methoxy groups -OCH3 is 2. The number of aromatic nitrogens is 3. The van der Waals surface area contributed by atoms with E-state index in [0.717, 1.165) is 4.57 Å². The van der Waals surface area contributed by atoms with Crippen LogP contribution >= 0.6 is 11.6 Å². The average Bonchev–Trinajstić information content (AvgIpc) is 3.37. The number of aryl methyl sites for hydroxylation is 1. The third-order valence-electron chi connectivity index (χ3n) is 8.18. The van der Waals surface area contributed by atoms with E-state index in [-0.39, 0.29) is 60.5 Å². The van der Waals surface area contributed by atoms with Gasteiger partial charge < -0.3 is 29.0 Å². The van der Waals surface area contributed by atoms with Crippen LogP contribution in [0.25, 0.3) is 11.0 Å². The van der Waals surface area contributed by atoms with Gasteiger partial charge in [-0.3, -0.25) is 13.9 Å². The summed E-state index contributed by atoms with van der Waals surface area (Å²) < 4.78 is 34.4. The summed E-state index contributed by atoms with van der Waals surface area (Å²) in [5, 5.41) is 3.15. The fraction of sp³-hybridized carbons (Fsp3) is 0.429. The molecule has 14 heteroatoms. The van der Waals surface area contributed by atoms with Crippen molar-refractivity contribution in [3.63, 3.8) is 0 Å². The van der Waals surface area contributed by atoms with E-state index in [1.165, 1.54) is 44.0 Å². The van der Waals surface area contributed by atoms with Gasteiger partial charge in [0.1, 0.15) is 34.1 Å². The number of piperidine rings is 1. The van der Waals surface area contributed by atoms with Gasteiger partial charge in [-0.25, -0.2) is 18.8 Å². The monoisotopic (exact) mass is 699 g/mol. The normalized spacial score (nSPS) is 14.7. The number of hydrogen-bond donors (Lipinski definition) is 1. The van der Waals surface area contributed by atoms with Crippen LogP contribution in [0.15, 0.2) is 52.1 Å². The summed E-state index contributed by atoms with van der Waals surface area (Å²) in [4.78, 5) is 56.5. The summed E-state index contributed by atoms with van der Waals surface area (Å²) in [5.74, 6) is -0.418. The minimum absolute atomic E-state index is 0. The fourth-order valence-corrected chi connectivity index (χ4v) is 6.23. The van der Waals surface area contributed by atoms with E-state index in [0.29, 0.717) is 36.3 Å². The minimum Gasteiger partial charge on any atom is -0.497 e. The predicted octanol–water partition coefficient (Wildman–Crippen LogP) is 5.32. The summed E-state index contributed by atoms with van der Waals surface area (Å²) in [6.45, 7) is 5.81. The lowest BCUT2D eigenvalue weighted by molar-refractivity contribution is 0.0498. The Morgan fingerprint density at radius 2 is 1.71 bits per heavy atom. The van der Waals surface area contributed by atoms with E-state index >= 15 is 0 Å². The molecular weight excluding hydrogens is 657 g/mol. The van der Waals surface area contributed by atoms with E-state index in [4.69, 9.17) is 25.8 Å². The van der Waals surface area contributed by atoms with Crippen molar-refractivity contribution in [1.29, 1.82) is 0 Å². The number of rotatable bonds is 8. The van der Waals surface area contributed by atoms with Crippen molar-refractivity contribution >= 4 is 40.5 Å². The van der Waals surface area contributed by atoms with E-state index in [2.05, 4.69) is 5.32 Å². The van der Waals surface area contributed by atoms with Crippen molar-refractivity contribution in [3.8, 4) is 5.75 Å². The van der Waals surface area contributed by atoms with Crippen LogP contribution in [0.3, 0.4) is 0 Å². The van der Waals surface area contributed by atoms with Crippen LogP contribution < -0.4 is 26.2 Å². The van der Waals surface area contributed by atoms with Crippen LogP contribution in [0.5, 0.6) is 5.75 Å². The first-order valence-corrected chi connectivity index (χ1v) is 15.9. The molecule has 1 saturated heterocycles. The number of alkyl carbamates (subject to hydrolysis) is 1. The lowest BCUT2D eigenvalue weighted by Gasteiger charge is -2.36. The van der Waals surface area contributed by atoms with Gasteiger partial charge in [-0.1, -0.05) is 31.2 Å². The zero-order chi connectivity index (χ0) is 34.9. The summed E-state index contributed by atoms with van der Waals surface area (Å²) in [6, 6.07) is 10.5. The van der Waals surface area contributed by atoms with Gasteiger partial charge >= 0.3 is 17.8 Å². The Hall–Kier alpha value is -4.78. The molecule has 2 aromatic heterocycles. The molecule has 1 amide bonds. The van der Waals surface area contributed by atoms with Gasteiger partial charge in [-0.05, 0) is 75.1 Å². The number of nitrogens with zero attached hydrogens (tertiary/aromatic N) is 4. The van der Waals surface area contributed by atoms with Crippen molar-refractivity contribution < 1.29 is 28.2 Å². The van der Waals surface area contributed by atoms with Gasteiger partial charge in [0.2, 0.25) is 0 Å². The highest BCUT2D eigenvalue weighted by Crippen LogP contribution is 2.35. The Balaban J connectivity index is 0.00000541. The standard InChI is InChI=1S/C34H39ClFN5O7.CH4/c1-34(2,3)48-32(44)37-23-8-7-15-39(19-23)29-26(31(43)47-6)27-28(40(29)18-21-16-22(36)11-14-25(21)35)30(42)41(33(45)38(27)4)17-20-9-12-24(46-5)13-10-20;/h9-14,16,23H,7-8,15,17-19H2,1-6H3,(H,37,44);1H4/t23-;/m1./s1. The Bertz CT molecular complexity index is 1980. The summed E-state index contributed by atoms with van der Waals surface area (Å²) in [5.41, 5.74) is -0.911. The minimum atomic E-state index is -0.774. The average molecular weight is 700 g/mol. The molecule has 0 saturated carbocycles. The van der Waals surface area contributed by atoms with Crippen LogP contribution in [-0.2, 0) is 29.6 Å². The van der Waals surface area contributed by atoms with E-state index in [1.807, 2.05) is 4.90 Å². The number of hydrogen-bond acceptors (Lipinski definition) is 8. The number of anilines is 1. The van der Waals surface area contributed by atoms with E-state index < -0.39 is 34.7 Å². The largest absolute Gasteiger partial charge is 0.497 e. The van der Waals surface area contributed by atoms with Gasteiger partial charge in [0, 0.05) is 31.2 Å². The molecule has 3 heterocycles. The number of benzene rings is 2. The number of nitrogens with one attached hydrogen (secondary N) is 1. The van der Waals surface area contributed by atoms with Crippen LogP contribution in [0.4, 0.5) is 15.0 Å². The molecule has 1 aliphatic rings. The Labute approximate surface area is 288 Å². The highest BCUT2D eigenvalue weighted by molar-refractivity contribution is 6.31. The molecule has 1 fully saturated rings. The van der Waals surface area contributed by atoms with Crippen molar-refractivity contribution in [2.75, 3.05) is 32.2 Å². The molecule has 5 rings (SSSR count). The molecule has 264 valence electrons. The molecule has 2 aromatic carbocycles. The summed E-state index contributed by atoms with van der Waals surface area (Å²) >= 11 is 6.53. The van der Waals surface area contributed by atoms with Gasteiger partial charge in [-0.15, -0.1) is 0 Å². The zero-order valence-electron chi connectivity index (χ0n) is 27.8. The van der Waals surface area contributed by atoms with E-state index in [1.54, 1.807) is 49.6 Å². The second-order valence-electron chi connectivity index (χ2n) is 12.7. The maximum atomic E-state index is 14.5. The Morgan fingerprint density at radius 1 is 1.02 bits per heavy atom. The Kier molecular flexibility index (Phi) is 11.2. The van der Waals surface area contributed by atoms with Gasteiger partial charge in [-0.2, -0.15) is 0 Å².